The molecule has 0 bridgehead atoms. The van der Waals surface area contributed by atoms with Crippen molar-refractivity contribution < 1.29 is 14.7 Å². The number of carboxylic acids is 1. The van der Waals surface area contributed by atoms with Crippen LogP contribution in [0, 0.1) is 11.8 Å². The van der Waals surface area contributed by atoms with Gasteiger partial charge in [0.2, 0.25) is 0 Å². The molecule has 2 N–H and O–H groups in total. The van der Waals surface area contributed by atoms with Crippen LogP contribution in [-0.4, -0.2) is 40.6 Å². The van der Waals surface area contributed by atoms with Gasteiger partial charge in [0, 0.05) is 25.0 Å². The van der Waals surface area contributed by atoms with Crippen LogP contribution in [0.2, 0.25) is 0 Å². The summed E-state index contributed by atoms with van der Waals surface area (Å²) in [4.78, 5) is 25.2. The molecule has 0 aromatic rings. The normalized spacial score (nSPS) is 23.4. The molecule has 0 aliphatic carbocycles. The van der Waals surface area contributed by atoms with Crippen LogP contribution in [0.5, 0.6) is 0 Å². The van der Waals surface area contributed by atoms with E-state index in [1.807, 2.05) is 4.90 Å². The van der Waals surface area contributed by atoms with E-state index in [1.165, 1.54) is 0 Å². The van der Waals surface area contributed by atoms with Gasteiger partial charge in [0.05, 0.1) is 0 Å². The van der Waals surface area contributed by atoms with Crippen molar-refractivity contribution in [3.05, 3.63) is 0 Å². The summed E-state index contributed by atoms with van der Waals surface area (Å²) < 4.78 is 0. The van der Waals surface area contributed by atoms with Crippen molar-refractivity contribution in [3.63, 3.8) is 0 Å². The zero-order chi connectivity index (χ0) is 16.0. The number of carboxylic acid groups (broad SMARTS) is 1. The minimum absolute atomic E-state index is 0.00411. The largest absolute Gasteiger partial charge is 0.481 e. The number of carbonyl (C=O) groups is 2. The van der Waals surface area contributed by atoms with Crippen LogP contribution in [0.25, 0.3) is 0 Å². The number of urea groups is 1. The molecule has 2 unspecified atom stereocenters. The number of hydrogen-bond donors (Lipinski definition) is 2. The van der Waals surface area contributed by atoms with Crippen molar-refractivity contribution >= 4 is 12.0 Å². The molecule has 0 radical (unpaired) electrons. The highest BCUT2D eigenvalue weighted by atomic mass is 16.4. The molecule has 0 saturated carbocycles. The van der Waals surface area contributed by atoms with Gasteiger partial charge in [-0.2, -0.15) is 0 Å². The highest BCUT2D eigenvalue weighted by Crippen LogP contribution is 2.26. The maximum atomic E-state index is 12.4. The molecule has 1 saturated heterocycles. The Morgan fingerprint density at radius 3 is 2.52 bits per heavy atom. The Bertz CT molecular complexity index is 357. The van der Waals surface area contributed by atoms with E-state index in [2.05, 4.69) is 33.0 Å². The highest BCUT2D eigenvalue weighted by Gasteiger charge is 2.33. The fourth-order valence-corrected chi connectivity index (χ4v) is 3.31. The molecule has 122 valence electrons. The second kappa shape index (κ2) is 8.25. The first-order valence-electron chi connectivity index (χ1n) is 8.13. The van der Waals surface area contributed by atoms with Crippen molar-refractivity contribution in [1.82, 2.24) is 10.2 Å². The van der Waals surface area contributed by atoms with Gasteiger partial charge in [-0.25, -0.2) is 4.79 Å². The number of carbonyl (C=O) groups excluding carboxylic acids is 1. The molecule has 2 amide bonds. The average Bonchev–Trinajstić information content (AvgIpc) is 2.75. The maximum absolute atomic E-state index is 12.4. The monoisotopic (exact) mass is 298 g/mol. The summed E-state index contributed by atoms with van der Waals surface area (Å²) in [7, 11) is 0. The summed E-state index contributed by atoms with van der Waals surface area (Å²) in [5.74, 6) is -0.360. The molecular weight excluding hydrogens is 268 g/mol. The second-order valence-electron chi connectivity index (χ2n) is 6.68. The van der Waals surface area contributed by atoms with E-state index in [9.17, 15) is 9.59 Å². The number of rotatable bonds is 7. The van der Waals surface area contributed by atoms with Gasteiger partial charge in [0.1, 0.15) is 0 Å². The van der Waals surface area contributed by atoms with Crippen molar-refractivity contribution in [2.24, 2.45) is 11.8 Å². The Balaban J connectivity index is 2.53. The lowest BCUT2D eigenvalue weighted by Gasteiger charge is -2.29. The van der Waals surface area contributed by atoms with Crippen molar-refractivity contribution in [1.29, 1.82) is 0 Å². The summed E-state index contributed by atoms with van der Waals surface area (Å²) in [5.41, 5.74) is 0. The lowest BCUT2D eigenvalue weighted by Crippen LogP contribution is -2.47. The molecule has 3 atom stereocenters. The van der Waals surface area contributed by atoms with E-state index in [-0.39, 0.29) is 24.4 Å². The third-order valence-corrected chi connectivity index (χ3v) is 4.30. The van der Waals surface area contributed by atoms with Gasteiger partial charge in [0.15, 0.2) is 0 Å². The summed E-state index contributed by atoms with van der Waals surface area (Å²) in [6.07, 6.45) is 4.03. The van der Waals surface area contributed by atoms with E-state index in [4.69, 9.17) is 5.11 Å². The van der Waals surface area contributed by atoms with Crippen molar-refractivity contribution in [2.45, 2.75) is 71.9 Å². The predicted octanol–water partition coefficient (Wildman–Crippen LogP) is 3.10. The lowest BCUT2D eigenvalue weighted by molar-refractivity contribution is -0.138. The molecule has 1 aliphatic rings. The fraction of sp³-hybridized carbons (Fsp3) is 0.875. The Labute approximate surface area is 128 Å². The number of nitrogens with one attached hydrogen (secondary N) is 1. The van der Waals surface area contributed by atoms with Gasteiger partial charge in [-0.1, -0.05) is 20.8 Å². The van der Waals surface area contributed by atoms with Gasteiger partial charge in [-0.3, -0.25) is 4.79 Å². The van der Waals surface area contributed by atoms with E-state index in [1.54, 1.807) is 0 Å². The first-order valence-corrected chi connectivity index (χ1v) is 8.13. The Morgan fingerprint density at radius 2 is 2.00 bits per heavy atom. The zero-order valence-electron chi connectivity index (χ0n) is 13.8. The third kappa shape index (κ3) is 5.56. The molecule has 5 heteroatoms. The van der Waals surface area contributed by atoms with Gasteiger partial charge < -0.3 is 15.3 Å². The smallest absolute Gasteiger partial charge is 0.317 e. The SMILES string of the molecule is CCC1CCC(C)N1C(=O)NC[C@H](CC(=O)O)CC(C)C. The van der Waals surface area contributed by atoms with Crippen LogP contribution < -0.4 is 5.32 Å². The quantitative estimate of drug-likeness (QED) is 0.759. The number of hydrogen-bond acceptors (Lipinski definition) is 2. The van der Waals surface area contributed by atoms with Crippen molar-refractivity contribution in [2.75, 3.05) is 6.54 Å². The first kappa shape index (κ1) is 17.8. The van der Waals surface area contributed by atoms with Crippen LogP contribution in [0.15, 0.2) is 0 Å². The number of amides is 2. The Kier molecular flexibility index (Phi) is 6.99. The summed E-state index contributed by atoms with van der Waals surface area (Å²) in [5, 5.41) is 11.9. The average molecular weight is 298 g/mol. The molecular formula is C16H30N2O3. The zero-order valence-corrected chi connectivity index (χ0v) is 13.8. The van der Waals surface area contributed by atoms with Crippen LogP contribution in [0.3, 0.4) is 0 Å². The summed E-state index contributed by atoms with van der Waals surface area (Å²) in [6, 6.07) is 0.562. The van der Waals surface area contributed by atoms with Crippen LogP contribution >= 0.6 is 0 Å². The molecule has 21 heavy (non-hydrogen) atoms. The topological polar surface area (TPSA) is 69.6 Å². The highest BCUT2D eigenvalue weighted by molar-refractivity contribution is 5.75. The standard InChI is InChI=1S/C16H30N2O3/c1-5-14-7-6-12(4)18(14)16(21)17-10-13(8-11(2)3)9-15(19)20/h11-14H,5-10H2,1-4H3,(H,17,21)(H,19,20)/t12?,13-,14?/m0/s1. The van der Waals surface area contributed by atoms with E-state index >= 15 is 0 Å². The van der Waals surface area contributed by atoms with Crippen molar-refractivity contribution in [3.8, 4) is 0 Å². The molecule has 1 rings (SSSR count). The molecule has 0 aromatic carbocycles. The Morgan fingerprint density at radius 1 is 1.33 bits per heavy atom. The summed E-state index contributed by atoms with van der Waals surface area (Å²) >= 11 is 0. The number of likely N-dealkylation sites (tertiary alicyclic amines) is 1. The van der Waals surface area contributed by atoms with E-state index in [0.717, 1.165) is 25.7 Å². The molecule has 1 aliphatic heterocycles. The van der Waals surface area contributed by atoms with E-state index < -0.39 is 5.97 Å². The molecule has 0 spiro atoms. The van der Waals surface area contributed by atoms with E-state index in [0.29, 0.717) is 18.5 Å². The number of aliphatic carboxylic acids is 1. The predicted molar refractivity (Wildman–Crippen MR) is 83.2 cm³/mol. The molecule has 5 nitrogen and oxygen atoms in total. The van der Waals surface area contributed by atoms with Crippen LogP contribution in [0.1, 0.15) is 59.8 Å². The van der Waals surface area contributed by atoms with Crippen LogP contribution in [-0.2, 0) is 4.79 Å². The van der Waals surface area contributed by atoms with Crippen LogP contribution in [0.4, 0.5) is 4.79 Å². The Hall–Kier alpha value is -1.26. The molecule has 1 fully saturated rings. The minimum Gasteiger partial charge on any atom is -0.481 e. The third-order valence-electron chi connectivity index (χ3n) is 4.30. The second-order valence-corrected chi connectivity index (χ2v) is 6.68. The van der Waals surface area contributed by atoms with Gasteiger partial charge in [-0.05, 0) is 44.4 Å². The number of nitrogens with zero attached hydrogens (tertiary/aromatic N) is 1. The molecule has 1 heterocycles. The maximum Gasteiger partial charge on any atom is 0.317 e. The van der Waals surface area contributed by atoms with Gasteiger partial charge >= 0.3 is 12.0 Å². The van der Waals surface area contributed by atoms with Gasteiger partial charge in [-0.15, -0.1) is 0 Å². The molecule has 0 aromatic heterocycles. The van der Waals surface area contributed by atoms with Gasteiger partial charge in [0.25, 0.3) is 0 Å². The minimum atomic E-state index is -0.795. The lowest BCUT2D eigenvalue weighted by atomic mass is 9.94. The fourth-order valence-electron chi connectivity index (χ4n) is 3.31. The first-order chi connectivity index (χ1) is 9.85. The summed E-state index contributed by atoms with van der Waals surface area (Å²) in [6.45, 7) is 8.79.